The van der Waals surface area contributed by atoms with Gasteiger partial charge in [0.15, 0.2) is 4.77 Å². The molecule has 128 valence electrons. The number of halogens is 2. The topological polar surface area (TPSA) is 62.7 Å². The molecule has 0 spiro atoms. The Hall–Kier alpha value is -2.35. The van der Waals surface area contributed by atoms with Crippen LogP contribution in [0.3, 0.4) is 0 Å². The number of rotatable bonds is 6. The van der Waals surface area contributed by atoms with E-state index in [1.807, 2.05) is 13.8 Å². The summed E-state index contributed by atoms with van der Waals surface area (Å²) >= 11 is 5.15. The highest BCUT2D eigenvalue weighted by molar-refractivity contribution is 7.71. The number of nitrogens with zero attached hydrogens (tertiary/aromatic N) is 2. The zero-order valence-electron chi connectivity index (χ0n) is 13.3. The van der Waals surface area contributed by atoms with Crippen molar-refractivity contribution in [3.63, 3.8) is 0 Å². The van der Waals surface area contributed by atoms with Crippen molar-refractivity contribution in [1.82, 2.24) is 20.1 Å². The van der Waals surface area contributed by atoms with E-state index < -0.39 is 17.5 Å². The second kappa shape index (κ2) is 7.96. The van der Waals surface area contributed by atoms with Gasteiger partial charge in [0.1, 0.15) is 17.5 Å². The largest absolute Gasteiger partial charge is 0.351 e. The second-order valence-corrected chi connectivity index (χ2v) is 5.84. The lowest BCUT2D eigenvalue weighted by Crippen LogP contribution is -2.26. The SMILES string of the molecule is CC(C)c1n[nH]c(=S)n1CCNC(=O)/C=C/c1c(F)cccc1F. The predicted molar refractivity (Wildman–Crippen MR) is 89.9 cm³/mol. The number of hydrogen-bond donors (Lipinski definition) is 2. The molecule has 0 saturated carbocycles. The maximum atomic E-state index is 13.5. The van der Waals surface area contributed by atoms with Crippen LogP contribution in [-0.4, -0.2) is 27.2 Å². The van der Waals surface area contributed by atoms with Crippen molar-refractivity contribution in [2.24, 2.45) is 0 Å². The molecule has 0 bridgehead atoms. The maximum absolute atomic E-state index is 13.5. The first-order valence-electron chi connectivity index (χ1n) is 7.45. The van der Waals surface area contributed by atoms with Crippen LogP contribution in [0.25, 0.3) is 6.08 Å². The van der Waals surface area contributed by atoms with Gasteiger partial charge in [0.05, 0.1) is 0 Å². The highest BCUT2D eigenvalue weighted by Gasteiger charge is 2.10. The molecule has 1 aromatic heterocycles. The molecule has 1 amide bonds. The Kier molecular flexibility index (Phi) is 5.97. The van der Waals surface area contributed by atoms with Crippen molar-refractivity contribution >= 4 is 24.2 Å². The predicted octanol–water partition coefficient (Wildman–Crippen LogP) is 3.17. The van der Waals surface area contributed by atoms with Crippen molar-refractivity contribution in [3.05, 3.63) is 52.1 Å². The number of aromatic amines is 1. The third kappa shape index (κ3) is 4.35. The van der Waals surface area contributed by atoms with Gasteiger partial charge in [0.25, 0.3) is 0 Å². The fourth-order valence-electron chi connectivity index (χ4n) is 2.17. The molecule has 0 radical (unpaired) electrons. The smallest absolute Gasteiger partial charge is 0.244 e. The summed E-state index contributed by atoms with van der Waals surface area (Å²) in [6, 6.07) is 3.53. The van der Waals surface area contributed by atoms with E-state index in [1.165, 1.54) is 6.07 Å². The molecule has 2 N–H and O–H groups in total. The molecule has 1 aromatic carbocycles. The van der Waals surface area contributed by atoms with Gasteiger partial charge in [-0.25, -0.2) is 8.78 Å². The van der Waals surface area contributed by atoms with Crippen LogP contribution in [0.5, 0.6) is 0 Å². The summed E-state index contributed by atoms with van der Waals surface area (Å²) in [5.74, 6) is -0.884. The lowest BCUT2D eigenvalue weighted by Gasteiger charge is -2.09. The molecule has 2 aromatic rings. The summed E-state index contributed by atoms with van der Waals surface area (Å²) in [5.41, 5.74) is -0.244. The van der Waals surface area contributed by atoms with Crippen molar-refractivity contribution in [2.75, 3.05) is 6.54 Å². The van der Waals surface area contributed by atoms with E-state index in [2.05, 4.69) is 15.5 Å². The second-order valence-electron chi connectivity index (χ2n) is 5.45. The first-order chi connectivity index (χ1) is 11.4. The number of H-pyrrole nitrogens is 1. The van der Waals surface area contributed by atoms with E-state index in [0.717, 1.165) is 30.1 Å². The Balaban J connectivity index is 1.94. The van der Waals surface area contributed by atoms with Gasteiger partial charge in [-0.15, -0.1) is 0 Å². The van der Waals surface area contributed by atoms with E-state index in [-0.39, 0.29) is 11.5 Å². The van der Waals surface area contributed by atoms with Gasteiger partial charge in [-0.3, -0.25) is 9.89 Å². The fourth-order valence-corrected chi connectivity index (χ4v) is 2.40. The maximum Gasteiger partial charge on any atom is 0.244 e. The molecule has 0 aliphatic rings. The quantitative estimate of drug-likeness (QED) is 0.620. The Morgan fingerprint density at radius 3 is 2.71 bits per heavy atom. The molecular formula is C16H18F2N4OS. The summed E-state index contributed by atoms with van der Waals surface area (Å²) < 4.78 is 29.2. The minimum absolute atomic E-state index is 0.192. The van der Waals surface area contributed by atoms with Gasteiger partial charge in [-0.1, -0.05) is 19.9 Å². The van der Waals surface area contributed by atoms with Crippen LogP contribution < -0.4 is 5.32 Å². The van der Waals surface area contributed by atoms with Crippen molar-refractivity contribution in [2.45, 2.75) is 26.3 Å². The van der Waals surface area contributed by atoms with Crippen LogP contribution in [0.4, 0.5) is 8.78 Å². The summed E-state index contributed by atoms with van der Waals surface area (Å²) in [6.45, 7) is 4.75. The molecule has 0 saturated heterocycles. The number of carbonyl (C=O) groups excluding carboxylic acids is 1. The number of amides is 1. The lowest BCUT2D eigenvalue weighted by molar-refractivity contribution is -0.116. The van der Waals surface area contributed by atoms with Gasteiger partial charge in [0, 0.05) is 30.6 Å². The Labute approximate surface area is 143 Å². The Morgan fingerprint density at radius 1 is 1.42 bits per heavy atom. The van der Waals surface area contributed by atoms with Gasteiger partial charge in [0.2, 0.25) is 5.91 Å². The fraction of sp³-hybridized carbons (Fsp3) is 0.312. The molecule has 0 aliphatic carbocycles. The van der Waals surface area contributed by atoms with Gasteiger partial charge in [-0.05, 0) is 30.4 Å². The zero-order chi connectivity index (χ0) is 17.7. The minimum Gasteiger partial charge on any atom is -0.351 e. The number of aromatic nitrogens is 3. The van der Waals surface area contributed by atoms with Crippen LogP contribution in [0.2, 0.25) is 0 Å². The number of benzene rings is 1. The van der Waals surface area contributed by atoms with Gasteiger partial charge >= 0.3 is 0 Å². The lowest BCUT2D eigenvalue weighted by atomic mass is 10.2. The molecule has 8 heteroatoms. The third-order valence-electron chi connectivity index (χ3n) is 3.34. The van der Waals surface area contributed by atoms with Crippen LogP contribution >= 0.6 is 12.2 Å². The molecule has 0 atom stereocenters. The molecule has 24 heavy (non-hydrogen) atoms. The summed E-state index contributed by atoms with van der Waals surface area (Å²) in [4.78, 5) is 11.8. The number of hydrogen-bond acceptors (Lipinski definition) is 3. The van der Waals surface area contributed by atoms with Crippen molar-refractivity contribution < 1.29 is 13.6 Å². The van der Waals surface area contributed by atoms with Crippen LogP contribution in [-0.2, 0) is 11.3 Å². The third-order valence-corrected chi connectivity index (χ3v) is 3.65. The van der Waals surface area contributed by atoms with E-state index >= 15 is 0 Å². The Morgan fingerprint density at radius 2 is 2.08 bits per heavy atom. The highest BCUT2D eigenvalue weighted by Crippen LogP contribution is 2.13. The van der Waals surface area contributed by atoms with Gasteiger partial charge in [-0.2, -0.15) is 5.10 Å². The normalized spacial score (nSPS) is 11.4. The first-order valence-corrected chi connectivity index (χ1v) is 7.86. The van der Waals surface area contributed by atoms with Crippen molar-refractivity contribution in [1.29, 1.82) is 0 Å². The molecule has 2 rings (SSSR count). The number of carbonyl (C=O) groups is 1. The van der Waals surface area contributed by atoms with Crippen LogP contribution in [0, 0.1) is 16.4 Å². The molecule has 1 heterocycles. The average Bonchev–Trinajstić information content (AvgIpc) is 2.88. The molecule has 0 aliphatic heterocycles. The molecule has 0 unspecified atom stereocenters. The summed E-state index contributed by atoms with van der Waals surface area (Å²) in [5, 5.41) is 9.51. The highest BCUT2D eigenvalue weighted by atomic mass is 32.1. The average molecular weight is 352 g/mol. The monoisotopic (exact) mass is 352 g/mol. The molecule has 0 fully saturated rings. The van der Waals surface area contributed by atoms with E-state index in [9.17, 15) is 13.6 Å². The standard InChI is InChI=1S/C16H18F2N4OS/c1-10(2)15-20-21-16(24)22(15)9-8-19-14(23)7-6-11-12(17)4-3-5-13(11)18/h3-7,10H,8-9H2,1-2H3,(H,19,23)(H,21,24)/b7-6+. The Bertz CT molecular complexity index is 790. The number of nitrogens with one attached hydrogen (secondary N) is 2. The van der Waals surface area contributed by atoms with Gasteiger partial charge < -0.3 is 9.88 Å². The summed E-state index contributed by atoms with van der Waals surface area (Å²) in [7, 11) is 0. The van der Waals surface area contributed by atoms with Crippen LogP contribution in [0.15, 0.2) is 24.3 Å². The van der Waals surface area contributed by atoms with E-state index in [1.54, 1.807) is 4.57 Å². The first kappa shape index (κ1) is 18.0. The van der Waals surface area contributed by atoms with E-state index in [4.69, 9.17) is 12.2 Å². The minimum atomic E-state index is -0.717. The summed E-state index contributed by atoms with van der Waals surface area (Å²) in [6.07, 6.45) is 2.21. The molecular weight excluding hydrogens is 334 g/mol. The molecule has 5 nitrogen and oxygen atoms in total. The van der Waals surface area contributed by atoms with E-state index in [0.29, 0.717) is 17.9 Å². The van der Waals surface area contributed by atoms with Crippen LogP contribution in [0.1, 0.15) is 31.2 Å². The zero-order valence-corrected chi connectivity index (χ0v) is 14.2. The van der Waals surface area contributed by atoms with Crippen molar-refractivity contribution in [3.8, 4) is 0 Å².